The maximum atomic E-state index is 13.0. The van der Waals surface area contributed by atoms with Gasteiger partial charge < -0.3 is 5.32 Å². The number of anilines is 1. The lowest BCUT2D eigenvalue weighted by Crippen LogP contribution is -2.34. The monoisotopic (exact) mass is 442 g/mol. The first-order valence-electron chi connectivity index (χ1n) is 9.54. The van der Waals surface area contributed by atoms with Gasteiger partial charge in [0.25, 0.3) is 15.9 Å². The largest absolute Gasteiger partial charge is 0.300 e. The molecule has 9 heteroatoms. The van der Waals surface area contributed by atoms with Crippen LogP contribution < -0.4 is 10.0 Å². The van der Waals surface area contributed by atoms with Crippen LogP contribution in [0.15, 0.2) is 46.3 Å². The second-order valence-corrected chi connectivity index (χ2v) is 10.4. The van der Waals surface area contributed by atoms with E-state index in [9.17, 15) is 13.2 Å². The van der Waals surface area contributed by atoms with Crippen molar-refractivity contribution in [3.8, 4) is 0 Å². The number of benzene rings is 2. The van der Waals surface area contributed by atoms with Crippen LogP contribution in [-0.4, -0.2) is 31.2 Å². The van der Waals surface area contributed by atoms with Gasteiger partial charge in [-0.25, -0.2) is 13.4 Å². The van der Waals surface area contributed by atoms with Crippen molar-refractivity contribution in [3.63, 3.8) is 0 Å². The van der Waals surface area contributed by atoms with E-state index >= 15 is 0 Å². The number of carbonyl (C=O) groups is 1. The minimum atomic E-state index is -3.66. The summed E-state index contributed by atoms with van der Waals surface area (Å²) in [4.78, 5) is 22.2. The lowest BCUT2D eigenvalue weighted by molar-refractivity contribution is -0.118. The highest BCUT2D eigenvalue weighted by molar-refractivity contribution is 7.90. The van der Waals surface area contributed by atoms with Gasteiger partial charge in [-0.1, -0.05) is 43.4 Å². The molecule has 1 aliphatic heterocycles. The van der Waals surface area contributed by atoms with Gasteiger partial charge >= 0.3 is 0 Å². The third-order valence-corrected chi connectivity index (χ3v) is 7.21. The predicted octanol–water partition coefficient (Wildman–Crippen LogP) is 3.61. The average Bonchev–Trinajstić information content (AvgIpc) is 3.17. The standard InChI is InChI=1S/C21H22N4O3S2/c1-11(2)17(22-19-14-7-5-6-8-16(14)30(27,28)25-19)20(26)24-21-23-18-13(4)9-12(3)10-15(18)29-21/h5-11,17H,1-4H3,(H,22,25)(H,23,24,26)/t17-/m0/s1. The topological polar surface area (TPSA) is 101 Å². The molecule has 2 aromatic carbocycles. The van der Waals surface area contributed by atoms with Crippen molar-refractivity contribution in [2.24, 2.45) is 10.9 Å². The number of hydrogen-bond acceptors (Lipinski definition) is 6. The molecule has 0 saturated carbocycles. The van der Waals surface area contributed by atoms with Crippen LogP contribution in [0.3, 0.4) is 0 Å². The summed E-state index contributed by atoms with van der Waals surface area (Å²) < 4.78 is 28.1. The van der Waals surface area contributed by atoms with Crippen molar-refractivity contribution in [2.75, 3.05) is 5.32 Å². The quantitative estimate of drug-likeness (QED) is 0.644. The SMILES string of the molecule is Cc1cc(C)c2nc(NC(=O)[C@@H](N=C3NS(=O)(=O)c4ccccc43)C(C)C)sc2c1. The van der Waals surface area contributed by atoms with Crippen LogP contribution in [0.5, 0.6) is 0 Å². The fourth-order valence-electron chi connectivity index (χ4n) is 3.48. The third kappa shape index (κ3) is 3.70. The highest BCUT2D eigenvalue weighted by Gasteiger charge is 2.32. The van der Waals surface area contributed by atoms with Crippen LogP contribution in [0.2, 0.25) is 0 Å². The minimum Gasteiger partial charge on any atom is -0.300 e. The molecule has 2 heterocycles. The first-order valence-corrected chi connectivity index (χ1v) is 11.8. The van der Waals surface area contributed by atoms with E-state index < -0.39 is 16.1 Å². The molecule has 0 aliphatic carbocycles. The number of nitrogens with one attached hydrogen (secondary N) is 2. The molecule has 0 spiro atoms. The van der Waals surface area contributed by atoms with Crippen LogP contribution in [0.25, 0.3) is 10.2 Å². The Hall–Kier alpha value is -2.78. The zero-order valence-corrected chi connectivity index (χ0v) is 18.7. The van der Waals surface area contributed by atoms with Gasteiger partial charge in [0.1, 0.15) is 11.9 Å². The predicted molar refractivity (Wildman–Crippen MR) is 120 cm³/mol. The van der Waals surface area contributed by atoms with Gasteiger partial charge in [0, 0.05) is 5.56 Å². The number of fused-ring (bicyclic) bond motifs is 2. The van der Waals surface area contributed by atoms with E-state index in [2.05, 4.69) is 26.1 Å². The number of thiazole rings is 1. The zero-order valence-electron chi connectivity index (χ0n) is 17.1. The van der Waals surface area contributed by atoms with E-state index in [0.717, 1.165) is 21.3 Å². The Balaban J connectivity index is 1.65. The van der Waals surface area contributed by atoms with Crippen LogP contribution in [-0.2, 0) is 14.8 Å². The maximum absolute atomic E-state index is 13.0. The number of sulfonamides is 1. The van der Waals surface area contributed by atoms with Crippen LogP contribution >= 0.6 is 11.3 Å². The number of aromatic nitrogens is 1. The van der Waals surface area contributed by atoms with Gasteiger partial charge in [-0.3, -0.25) is 14.5 Å². The summed E-state index contributed by atoms with van der Waals surface area (Å²) in [5.41, 5.74) is 3.53. The van der Waals surface area contributed by atoms with Crippen LogP contribution in [0.4, 0.5) is 5.13 Å². The maximum Gasteiger partial charge on any atom is 0.263 e. The first kappa shape index (κ1) is 20.5. The lowest BCUT2D eigenvalue weighted by Gasteiger charge is -2.16. The Morgan fingerprint density at radius 3 is 2.67 bits per heavy atom. The highest BCUT2D eigenvalue weighted by atomic mass is 32.2. The molecular weight excluding hydrogens is 420 g/mol. The van der Waals surface area contributed by atoms with Crippen LogP contribution in [0, 0.1) is 19.8 Å². The Bertz CT molecular complexity index is 1290. The fourth-order valence-corrected chi connectivity index (χ4v) is 5.77. The molecule has 156 valence electrons. The Morgan fingerprint density at radius 1 is 1.20 bits per heavy atom. The smallest absolute Gasteiger partial charge is 0.263 e. The Kier molecular flexibility index (Phi) is 5.11. The Morgan fingerprint density at radius 2 is 1.93 bits per heavy atom. The molecule has 0 bridgehead atoms. The van der Waals surface area contributed by atoms with Gasteiger partial charge in [0.2, 0.25) is 0 Å². The van der Waals surface area contributed by atoms with Gasteiger partial charge in [0.05, 0.1) is 15.1 Å². The third-order valence-electron chi connectivity index (χ3n) is 4.89. The van der Waals surface area contributed by atoms with Gasteiger partial charge in [-0.2, -0.15) is 0 Å². The van der Waals surface area contributed by atoms with Crippen molar-refractivity contribution >= 4 is 48.5 Å². The summed E-state index contributed by atoms with van der Waals surface area (Å²) >= 11 is 1.41. The zero-order chi connectivity index (χ0) is 21.6. The molecule has 1 aliphatic rings. The number of amidine groups is 1. The molecule has 1 aromatic heterocycles. The van der Waals surface area contributed by atoms with E-state index in [4.69, 9.17) is 0 Å². The van der Waals surface area contributed by atoms with E-state index in [-0.39, 0.29) is 22.6 Å². The number of amides is 1. The summed E-state index contributed by atoms with van der Waals surface area (Å²) in [6.45, 7) is 7.76. The average molecular weight is 443 g/mol. The molecule has 3 aromatic rings. The van der Waals surface area contributed by atoms with E-state index in [0.29, 0.717) is 10.7 Å². The van der Waals surface area contributed by atoms with E-state index in [1.54, 1.807) is 18.2 Å². The molecule has 0 radical (unpaired) electrons. The van der Waals surface area contributed by atoms with Crippen molar-refractivity contribution in [1.29, 1.82) is 0 Å². The normalized spacial score (nSPS) is 17.2. The number of carbonyl (C=O) groups excluding carboxylic acids is 1. The van der Waals surface area contributed by atoms with Crippen molar-refractivity contribution < 1.29 is 13.2 Å². The summed E-state index contributed by atoms with van der Waals surface area (Å²) in [5.74, 6) is -0.280. The molecule has 30 heavy (non-hydrogen) atoms. The molecule has 0 fully saturated rings. The van der Waals surface area contributed by atoms with E-state index in [1.807, 2.05) is 33.8 Å². The minimum absolute atomic E-state index is 0.145. The van der Waals surface area contributed by atoms with Gasteiger partial charge in [0.15, 0.2) is 5.13 Å². The molecule has 7 nitrogen and oxygen atoms in total. The lowest BCUT2D eigenvalue weighted by atomic mass is 10.0. The Labute approximate surface area is 179 Å². The summed E-state index contributed by atoms with van der Waals surface area (Å²) in [6, 6.07) is 9.93. The highest BCUT2D eigenvalue weighted by Crippen LogP contribution is 2.30. The van der Waals surface area contributed by atoms with Gasteiger partial charge in [-0.05, 0) is 49.1 Å². The summed E-state index contributed by atoms with van der Waals surface area (Å²) in [6.07, 6.45) is 0. The molecule has 2 N–H and O–H groups in total. The fraction of sp³-hybridized carbons (Fsp3) is 0.286. The second kappa shape index (κ2) is 7.48. The molecule has 0 saturated heterocycles. The van der Waals surface area contributed by atoms with Gasteiger partial charge in [-0.15, -0.1) is 0 Å². The molecule has 4 rings (SSSR count). The van der Waals surface area contributed by atoms with Crippen LogP contribution in [0.1, 0.15) is 30.5 Å². The first-order chi connectivity index (χ1) is 14.2. The number of hydrogen-bond donors (Lipinski definition) is 2. The summed E-state index contributed by atoms with van der Waals surface area (Å²) in [5, 5.41) is 3.36. The van der Waals surface area contributed by atoms with Crippen molar-refractivity contribution in [3.05, 3.63) is 53.1 Å². The number of aryl methyl sites for hydroxylation is 2. The number of aliphatic imine (C=N–C) groups is 1. The molecular formula is C21H22N4O3S2. The molecule has 1 atom stereocenters. The van der Waals surface area contributed by atoms with Crippen molar-refractivity contribution in [1.82, 2.24) is 9.71 Å². The number of rotatable bonds is 4. The number of nitrogens with zero attached hydrogens (tertiary/aromatic N) is 2. The second-order valence-electron chi connectivity index (χ2n) is 7.71. The summed E-state index contributed by atoms with van der Waals surface area (Å²) in [7, 11) is -3.66. The van der Waals surface area contributed by atoms with E-state index in [1.165, 1.54) is 17.4 Å². The van der Waals surface area contributed by atoms with Crippen molar-refractivity contribution in [2.45, 2.75) is 38.6 Å². The molecule has 1 amide bonds. The molecule has 0 unspecified atom stereocenters.